The van der Waals surface area contributed by atoms with Gasteiger partial charge in [0.15, 0.2) is 0 Å². The van der Waals surface area contributed by atoms with Gasteiger partial charge in [-0.3, -0.25) is 9.48 Å². The van der Waals surface area contributed by atoms with Crippen molar-refractivity contribution in [3.63, 3.8) is 0 Å². The fourth-order valence-corrected chi connectivity index (χ4v) is 4.77. The van der Waals surface area contributed by atoms with Crippen LogP contribution in [0.15, 0.2) is 66.5 Å². The van der Waals surface area contributed by atoms with E-state index in [0.717, 1.165) is 22.3 Å². The SMILES string of the molecule is CC(C)n1cc(C(=O)N[C@H](C)c2ccc(C(=C3CCN(C(=O)OC(C)(C)C)CC3)c3ccc(F)cc3)cc2)cn1. The van der Waals surface area contributed by atoms with E-state index in [2.05, 4.69) is 10.4 Å². The van der Waals surface area contributed by atoms with Crippen LogP contribution in [0.5, 0.6) is 0 Å². The van der Waals surface area contributed by atoms with Gasteiger partial charge in [0.25, 0.3) is 5.91 Å². The maximum atomic E-state index is 13.8. The van der Waals surface area contributed by atoms with Crippen LogP contribution in [0.4, 0.5) is 9.18 Å². The number of aromatic nitrogens is 2. The number of rotatable bonds is 6. The first-order valence-corrected chi connectivity index (χ1v) is 13.8. The molecule has 0 radical (unpaired) electrons. The Bertz CT molecular complexity index is 1360. The molecule has 4 rings (SSSR count). The van der Waals surface area contributed by atoms with Crippen LogP contribution in [0.25, 0.3) is 5.57 Å². The lowest BCUT2D eigenvalue weighted by atomic mass is 9.88. The Morgan fingerprint density at radius 2 is 1.50 bits per heavy atom. The monoisotopic (exact) mass is 546 g/mol. The summed E-state index contributed by atoms with van der Waals surface area (Å²) in [5.41, 5.74) is 5.15. The maximum absolute atomic E-state index is 13.8. The minimum atomic E-state index is -0.541. The fraction of sp³-hybridized carbons (Fsp3) is 0.406. The molecule has 3 aromatic rings. The van der Waals surface area contributed by atoms with Gasteiger partial charge in [0.05, 0.1) is 17.8 Å². The number of benzene rings is 2. The summed E-state index contributed by atoms with van der Waals surface area (Å²) < 4.78 is 21.1. The number of nitrogens with one attached hydrogen (secondary N) is 1. The highest BCUT2D eigenvalue weighted by atomic mass is 19.1. The molecule has 0 aliphatic carbocycles. The second kappa shape index (κ2) is 12.1. The van der Waals surface area contributed by atoms with Crippen molar-refractivity contribution in [2.24, 2.45) is 0 Å². The highest BCUT2D eigenvalue weighted by molar-refractivity contribution is 5.94. The van der Waals surface area contributed by atoms with Gasteiger partial charge < -0.3 is 15.0 Å². The Hall–Kier alpha value is -3.94. The van der Waals surface area contributed by atoms with E-state index in [1.165, 1.54) is 17.7 Å². The van der Waals surface area contributed by atoms with E-state index in [9.17, 15) is 14.0 Å². The molecule has 2 amide bonds. The van der Waals surface area contributed by atoms with Gasteiger partial charge >= 0.3 is 6.09 Å². The van der Waals surface area contributed by atoms with E-state index in [1.807, 2.05) is 65.8 Å². The van der Waals surface area contributed by atoms with Gasteiger partial charge in [-0.15, -0.1) is 0 Å². The molecule has 0 unspecified atom stereocenters. The summed E-state index contributed by atoms with van der Waals surface area (Å²) in [4.78, 5) is 27.1. The number of carbonyl (C=O) groups is 2. The van der Waals surface area contributed by atoms with E-state index in [0.29, 0.717) is 31.5 Å². The molecule has 40 heavy (non-hydrogen) atoms. The van der Waals surface area contributed by atoms with Crippen molar-refractivity contribution in [1.82, 2.24) is 20.0 Å². The van der Waals surface area contributed by atoms with E-state index >= 15 is 0 Å². The number of halogens is 1. The summed E-state index contributed by atoms with van der Waals surface area (Å²) in [6.45, 7) is 12.7. The molecule has 8 heteroatoms. The molecular formula is C32H39FN4O3. The first-order valence-electron chi connectivity index (χ1n) is 13.8. The second-order valence-corrected chi connectivity index (χ2v) is 11.6. The molecule has 7 nitrogen and oxygen atoms in total. The number of amides is 2. The molecule has 1 aliphatic rings. The Labute approximate surface area is 236 Å². The molecule has 1 aromatic heterocycles. The number of ether oxygens (including phenoxy) is 1. The normalized spacial score (nSPS) is 14.7. The Balaban J connectivity index is 1.53. The largest absolute Gasteiger partial charge is 0.444 e. The van der Waals surface area contributed by atoms with Crippen molar-refractivity contribution >= 4 is 17.6 Å². The summed E-state index contributed by atoms with van der Waals surface area (Å²) in [5.74, 6) is -0.457. The molecule has 1 fully saturated rings. The van der Waals surface area contributed by atoms with E-state index in [1.54, 1.807) is 34.1 Å². The maximum Gasteiger partial charge on any atom is 0.410 e. The third-order valence-corrected chi connectivity index (χ3v) is 6.94. The highest BCUT2D eigenvalue weighted by Gasteiger charge is 2.26. The Kier molecular flexibility index (Phi) is 8.76. The summed E-state index contributed by atoms with van der Waals surface area (Å²) in [7, 11) is 0. The Morgan fingerprint density at radius 3 is 2.02 bits per heavy atom. The lowest BCUT2D eigenvalue weighted by Gasteiger charge is -2.32. The van der Waals surface area contributed by atoms with Crippen LogP contribution < -0.4 is 5.32 Å². The van der Waals surface area contributed by atoms with Crippen LogP contribution >= 0.6 is 0 Å². The van der Waals surface area contributed by atoms with Crippen molar-refractivity contribution in [3.05, 3.63) is 94.6 Å². The van der Waals surface area contributed by atoms with Crippen LogP contribution in [0.2, 0.25) is 0 Å². The third kappa shape index (κ3) is 7.17. The number of likely N-dealkylation sites (tertiary alicyclic amines) is 1. The van der Waals surface area contributed by atoms with Crippen LogP contribution in [0, 0.1) is 5.82 Å². The second-order valence-electron chi connectivity index (χ2n) is 11.6. The van der Waals surface area contributed by atoms with E-state index in [4.69, 9.17) is 4.74 Å². The number of carbonyl (C=O) groups excluding carboxylic acids is 2. The molecule has 2 aromatic carbocycles. The molecule has 2 heterocycles. The van der Waals surface area contributed by atoms with Gasteiger partial charge in [-0.2, -0.15) is 5.10 Å². The van der Waals surface area contributed by atoms with Gasteiger partial charge in [0.2, 0.25) is 0 Å². The number of nitrogens with zero attached hydrogens (tertiary/aromatic N) is 3. The van der Waals surface area contributed by atoms with Gasteiger partial charge in [-0.05, 0) is 88.8 Å². The topological polar surface area (TPSA) is 76.5 Å². The zero-order valence-corrected chi connectivity index (χ0v) is 24.2. The quantitative estimate of drug-likeness (QED) is 0.364. The number of piperidine rings is 1. The van der Waals surface area contributed by atoms with E-state index < -0.39 is 5.60 Å². The average Bonchev–Trinajstić information content (AvgIpc) is 3.41. The molecule has 212 valence electrons. The molecule has 0 spiro atoms. The lowest BCUT2D eigenvalue weighted by molar-refractivity contribution is 0.0236. The van der Waals surface area contributed by atoms with Crippen molar-refractivity contribution < 1.29 is 18.7 Å². The van der Waals surface area contributed by atoms with Gasteiger partial charge in [-0.25, -0.2) is 9.18 Å². The lowest BCUT2D eigenvalue weighted by Crippen LogP contribution is -2.40. The Morgan fingerprint density at radius 1 is 0.925 bits per heavy atom. The summed E-state index contributed by atoms with van der Waals surface area (Å²) >= 11 is 0. The standard InChI is InChI=1S/C32H39FN4O3/c1-21(2)37-20-27(19-34-37)30(38)35-22(3)23-7-9-24(10-8-23)29(25-11-13-28(33)14-12-25)26-15-17-36(18-16-26)31(39)40-32(4,5)6/h7-14,19-22H,15-18H2,1-6H3,(H,35,38)/t22-/m1/s1. The molecular weight excluding hydrogens is 507 g/mol. The van der Waals surface area contributed by atoms with Crippen LogP contribution in [-0.2, 0) is 4.74 Å². The third-order valence-electron chi connectivity index (χ3n) is 6.94. The first-order chi connectivity index (χ1) is 18.9. The predicted molar refractivity (Wildman–Crippen MR) is 154 cm³/mol. The van der Waals surface area contributed by atoms with Crippen LogP contribution in [-0.4, -0.2) is 45.4 Å². The smallest absolute Gasteiger partial charge is 0.410 e. The molecule has 1 atom stereocenters. The molecule has 0 saturated carbocycles. The minimum absolute atomic E-state index is 0.172. The first kappa shape index (κ1) is 29.1. The van der Waals surface area contributed by atoms with Crippen molar-refractivity contribution in [2.45, 2.75) is 72.1 Å². The molecule has 1 saturated heterocycles. The summed E-state index contributed by atoms with van der Waals surface area (Å²) in [5, 5.41) is 7.31. The summed E-state index contributed by atoms with van der Waals surface area (Å²) in [6.07, 6.45) is 4.44. The average molecular weight is 547 g/mol. The van der Waals surface area contributed by atoms with Crippen LogP contribution in [0.3, 0.4) is 0 Å². The summed E-state index contributed by atoms with van der Waals surface area (Å²) in [6, 6.07) is 14.6. The van der Waals surface area contributed by atoms with Gasteiger partial charge in [0, 0.05) is 25.3 Å². The van der Waals surface area contributed by atoms with Gasteiger partial charge in [-0.1, -0.05) is 42.0 Å². The number of hydrogen-bond acceptors (Lipinski definition) is 4. The highest BCUT2D eigenvalue weighted by Crippen LogP contribution is 2.33. The van der Waals surface area contributed by atoms with Crippen molar-refractivity contribution in [3.8, 4) is 0 Å². The molecule has 1 aliphatic heterocycles. The molecule has 1 N–H and O–H groups in total. The van der Waals surface area contributed by atoms with Crippen molar-refractivity contribution in [1.29, 1.82) is 0 Å². The number of hydrogen-bond donors (Lipinski definition) is 1. The van der Waals surface area contributed by atoms with E-state index in [-0.39, 0.29) is 29.9 Å². The van der Waals surface area contributed by atoms with Crippen molar-refractivity contribution in [2.75, 3.05) is 13.1 Å². The zero-order valence-electron chi connectivity index (χ0n) is 24.2. The minimum Gasteiger partial charge on any atom is -0.444 e. The van der Waals surface area contributed by atoms with Gasteiger partial charge in [0.1, 0.15) is 11.4 Å². The molecule has 0 bridgehead atoms. The van der Waals surface area contributed by atoms with Crippen LogP contribution in [0.1, 0.15) is 93.5 Å². The zero-order chi connectivity index (χ0) is 29.0. The predicted octanol–water partition coefficient (Wildman–Crippen LogP) is 6.93. The fourth-order valence-electron chi connectivity index (χ4n) is 4.77.